The Morgan fingerprint density at radius 1 is 1.62 bits per heavy atom. The number of nitrogens with two attached hydrogens (primary N) is 1. The zero-order chi connectivity index (χ0) is 12.1. The first-order valence-corrected chi connectivity index (χ1v) is 5.56. The van der Waals surface area contributed by atoms with E-state index in [0.29, 0.717) is 5.92 Å². The number of likely N-dealkylation sites (tertiary alicyclic amines) is 1. The monoisotopic (exact) mass is 223 g/mol. The van der Waals surface area contributed by atoms with Crippen LogP contribution >= 0.6 is 0 Å². The first kappa shape index (κ1) is 11.4. The van der Waals surface area contributed by atoms with Gasteiger partial charge in [0.25, 0.3) is 0 Å². The molecule has 2 aliphatic rings. The minimum absolute atomic E-state index is 0.186. The molecule has 88 valence electrons. The van der Waals surface area contributed by atoms with Gasteiger partial charge < -0.3 is 15.7 Å². The maximum Gasteiger partial charge on any atom is 0.243 e. The van der Waals surface area contributed by atoms with Gasteiger partial charge in [0, 0.05) is 6.04 Å². The van der Waals surface area contributed by atoms with Gasteiger partial charge in [0.2, 0.25) is 5.91 Å². The maximum atomic E-state index is 12.1. The standard InChI is InChI=1S/C11H17N3O2/c1-11(2,16)9(13)10(15)14-7(5-12)3-6-4-8(6)14/h6-9,16H,3-4,13H2,1-2H3/t6?,7-,8?,9+/m0/s1. The van der Waals surface area contributed by atoms with E-state index < -0.39 is 11.6 Å². The lowest BCUT2D eigenvalue weighted by Gasteiger charge is -2.31. The lowest BCUT2D eigenvalue weighted by Crippen LogP contribution is -2.56. The Labute approximate surface area is 94.8 Å². The van der Waals surface area contributed by atoms with Crippen molar-refractivity contribution in [2.24, 2.45) is 11.7 Å². The molecule has 16 heavy (non-hydrogen) atoms. The number of carbonyl (C=O) groups excluding carboxylic acids is 1. The molecule has 0 aromatic heterocycles. The summed E-state index contributed by atoms with van der Waals surface area (Å²) in [5.41, 5.74) is 4.48. The van der Waals surface area contributed by atoms with Gasteiger partial charge in [-0.05, 0) is 32.6 Å². The number of piperidine rings is 1. The van der Waals surface area contributed by atoms with Crippen LogP contribution in [0.4, 0.5) is 0 Å². The fourth-order valence-electron chi connectivity index (χ4n) is 2.35. The molecule has 0 aromatic carbocycles. The molecule has 0 bridgehead atoms. The first-order chi connectivity index (χ1) is 7.36. The van der Waals surface area contributed by atoms with Crippen LogP contribution in [0.2, 0.25) is 0 Å². The van der Waals surface area contributed by atoms with Crippen LogP contribution < -0.4 is 5.73 Å². The van der Waals surface area contributed by atoms with Gasteiger partial charge in [-0.15, -0.1) is 0 Å². The summed E-state index contributed by atoms with van der Waals surface area (Å²) in [6, 6.07) is 1.00. The normalized spacial score (nSPS) is 34.2. The molecule has 5 nitrogen and oxygen atoms in total. The minimum atomic E-state index is -1.25. The van der Waals surface area contributed by atoms with Crippen molar-refractivity contribution < 1.29 is 9.90 Å². The van der Waals surface area contributed by atoms with Crippen LogP contribution in [0.1, 0.15) is 26.7 Å². The first-order valence-electron chi connectivity index (χ1n) is 5.56. The molecule has 0 radical (unpaired) electrons. The Morgan fingerprint density at radius 2 is 2.25 bits per heavy atom. The summed E-state index contributed by atoms with van der Waals surface area (Å²) >= 11 is 0. The summed E-state index contributed by atoms with van der Waals surface area (Å²) in [6.07, 6.45) is 1.73. The second-order valence-electron chi connectivity index (χ2n) is 5.32. The number of rotatable bonds is 2. The summed E-state index contributed by atoms with van der Waals surface area (Å²) in [4.78, 5) is 13.7. The van der Waals surface area contributed by atoms with E-state index in [1.165, 1.54) is 13.8 Å². The van der Waals surface area contributed by atoms with Crippen molar-refractivity contribution in [3.8, 4) is 6.07 Å². The molecule has 1 saturated carbocycles. The highest BCUT2D eigenvalue weighted by Gasteiger charge is 2.55. The third-order valence-electron chi connectivity index (χ3n) is 3.54. The van der Waals surface area contributed by atoms with E-state index in [9.17, 15) is 9.90 Å². The zero-order valence-corrected chi connectivity index (χ0v) is 9.55. The number of amides is 1. The Balaban J connectivity index is 2.13. The number of hydrogen-bond acceptors (Lipinski definition) is 4. The molecule has 1 saturated heterocycles. The van der Waals surface area contributed by atoms with Crippen molar-refractivity contribution in [1.29, 1.82) is 5.26 Å². The Hall–Kier alpha value is -1.12. The highest BCUT2D eigenvalue weighted by molar-refractivity contribution is 5.84. The van der Waals surface area contributed by atoms with Crippen LogP contribution in [0.3, 0.4) is 0 Å². The van der Waals surface area contributed by atoms with Gasteiger partial charge in [0.1, 0.15) is 12.1 Å². The van der Waals surface area contributed by atoms with Crippen molar-refractivity contribution in [3.63, 3.8) is 0 Å². The van der Waals surface area contributed by atoms with E-state index in [-0.39, 0.29) is 18.0 Å². The van der Waals surface area contributed by atoms with E-state index in [0.717, 1.165) is 12.8 Å². The molecule has 1 amide bonds. The third kappa shape index (κ3) is 1.68. The summed E-state index contributed by atoms with van der Waals surface area (Å²) in [6.45, 7) is 3.02. The molecule has 3 N–H and O–H groups in total. The summed E-state index contributed by atoms with van der Waals surface area (Å²) in [5.74, 6) is 0.173. The molecule has 0 aromatic rings. The van der Waals surface area contributed by atoms with Gasteiger partial charge in [-0.3, -0.25) is 4.79 Å². The number of fused-ring (bicyclic) bond motifs is 1. The van der Waals surface area contributed by atoms with E-state index in [1.54, 1.807) is 4.90 Å². The highest BCUT2D eigenvalue weighted by atomic mass is 16.3. The van der Waals surface area contributed by atoms with Crippen molar-refractivity contribution >= 4 is 5.91 Å². The van der Waals surface area contributed by atoms with Crippen LogP contribution in [-0.4, -0.2) is 39.6 Å². The lowest BCUT2D eigenvalue weighted by atomic mass is 9.98. The van der Waals surface area contributed by atoms with Gasteiger partial charge in [-0.1, -0.05) is 0 Å². The van der Waals surface area contributed by atoms with Gasteiger partial charge in [-0.2, -0.15) is 5.26 Å². The number of nitrogens with zero attached hydrogens (tertiary/aromatic N) is 2. The average molecular weight is 223 g/mol. The molecule has 1 heterocycles. The molecule has 2 fully saturated rings. The predicted molar refractivity (Wildman–Crippen MR) is 57.0 cm³/mol. The Bertz CT molecular complexity index is 355. The van der Waals surface area contributed by atoms with Crippen LogP contribution in [0.15, 0.2) is 0 Å². The Kier molecular flexibility index (Phi) is 2.44. The van der Waals surface area contributed by atoms with E-state index in [2.05, 4.69) is 6.07 Å². The zero-order valence-electron chi connectivity index (χ0n) is 9.55. The molecule has 5 heteroatoms. The average Bonchev–Trinajstić information content (AvgIpc) is 2.86. The number of hydrogen-bond donors (Lipinski definition) is 2. The SMILES string of the molecule is CC(C)(O)[C@H](N)C(=O)N1C2CC2C[C@H]1C#N. The highest BCUT2D eigenvalue weighted by Crippen LogP contribution is 2.47. The van der Waals surface area contributed by atoms with Crippen LogP contribution in [0, 0.1) is 17.2 Å². The van der Waals surface area contributed by atoms with Crippen LogP contribution in [0.25, 0.3) is 0 Å². The van der Waals surface area contributed by atoms with Gasteiger partial charge in [0.05, 0.1) is 11.7 Å². The quantitative estimate of drug-likeness (QED) is 0.666. The molecular weight excluding hydrogens is 206 g/mol. The second-order valence-corrected chi connectivity index (χ2v) is 5.32. The fourth-order valence-corrected chi connectivity index (χ4v) is 2.35. The predicted octanol–water partition coefficient (Wildman–Crippen LogP) is -0.402. The van der Waals surface area contributed by atoms with Crippen LogP contribution in [0.5, 0.6) is 0 Å². The third-order valence-corrected chi connectivity index (χ3v) is 3.54. The van der Waals surface area contributed by atoms with Gasteiger partial charge >= 0.3 is 0 Å². The van der Waals surface area contributed by atoms with E-state index in [4.69, 9.17) is 11.0 Å². The van der Waals surface area contributed by atoms with Crippen molar-refractivity contribution in [2.45, 2.75) is 50.4 Å². The lowest BCUT2D eigenvalue weighted by molar-refractivity contribution is -0.138. The minimum Gasteiger partial charge on any atom is -0.388 e. The van der Waals surface area contributed by atoms with Gasteiger partial charge in [0.15, 0.2) is 0 Å². The van der Waals surface area contributed by atoms with Crippen molar-refractivity contribution in [3.05, 3.63) is 0 Å². The molecular formula is C11H17N3O2. The van der Waals surface area contributed by atoms with E-state index in [1.807, 2.05) is 0 Å². The van der Waals surface area contributed by atoms with Crippen LogP contribution in [-0.2, 0) is 4.79 Å². The summed E-state index contributed by atoms with van der Waals surface area (Å²) in [7, 11) is 0. The summed E-state index contributed by atoms with van der Waals surface area (Å²) < 4.78 is 0. The largest absolute Gasteiger partial charge is 0.388 e. The van der Waals surface area contributed by atoms with Crippen molar-refractivity contribution in [1.82, 2.24) is 4.90 Å². The topological polar surface area (TPSA) is 90.3 Å². The van der Waals surface area contributed by atoms with Gasteiger partial charge in [-0.25, -0.2) is 0 Å². The molecule has 2 unspecified atom stereocenters. The molecule has 0 spiro atoms. The molecule has 2 rings (SSSR count). The molecule has 4 atom stereocenters. The maximum absolute atomic E-state index is 12.1. The number of carbonyl (C=O) groups is 1. The second kappa shape index (κ2) is 3.44. The smallest absolute Gasteiger partial charge is 0.243 e. The molecule has 1 aliphatic heterocycles. The number of nitriles is 1. The number of aliphatic hydroxyl groups is 1. The molecule has 1 aliphatic carbocycles. The summed E-state index contributed by atoms with van der Waals surface area (Å²) in [5, 5.41) is 18.7. The fraction of sp³-hybridized carbons (Fsp3) is 0.818. The van der Waals surface area contributed by atoms with E-state index >= 15 is 0 Å². The Morgan fingerprint density at radius 3 is 2.75 bits per heavy atom. The van der Waals surface area contributed by atoms with Crippen molar-refractivity contribution in [2.75, 3.05) is 0 Å².